The Hall–Kier alpha value is -2.94. The molecule has 0 spiro atoms. The van der Waals surface area contributed by atoms with E-state index >= 15 is 0 Å². The summed E-state index contributed by atoms with van der Waals surface area (Å²) in [7, 11) is 0. The van der Waals surface area contributed by atoms with Crippen LogP contribution in [-0.2, 0) is 0 Å². The molecule has 2 N–H and O–H groups in total. The molecule has 0 aliphatic heterocycles. The van der Waals surface area contributed by atoms with E-state index in [2.05, 4.69) is 18.2 Å². The number of furan rings is 1. The third kappa shape index (κ3) is 1.28. The van der Waals surface area contributed by atoms with E-state index in [-0.39, 0.29) is 0 Å². The van der Waals surface area contributed by atoms with E-state index < -0.39 is 0 Å². The average Bonchev–Trinajstić information content (AvgIpc) is 3.02. The fourth-order valence-electron chi connectivity index (χ4n) is 3.22. The van der Waals surface area contributed by atoms with E-state index in [1.54, 1.807) is 4.68 Å². The number of rotatable bonds is 0. The summed E-state index contributed by atoms with van der Waals surface area (Å²) in [5.41, 5.74) is 3.80. The standard InChI is InChI=1S/C18H12N2O/c19-20-15-7-3-1-5-11(15)13-9-14-12-6-2-4-8-17(12)21-18(14)10-16(13)20/h1-10H,19H2. The first-order chi connectivity index (χ1) is 10.3. The van der Waals surface area contributed by atoms with Crippen molar-refractivity contribution in [3.8, 4) is 0 Å². The topological polar surface area (TPSA) is 44.1 Å². The van der Waals surface area contributed by atoms with E-state index in [9.17, 15) is 0 Å². The molecule has 0 fully saturated rings. The Morgan fingerprint density at radius 2 is 1.43 bits per heavy atom. The molecular formula is C18H12N2O. The molecule has 5 rings (SSSR count). The third-order valence-corrected chi connectivity index (χ3v) is 4.21. The fraction of sp³-hybridized carbons (Fsp3) is 0. The second kappa shape index (κ2) is 3.58. The lowest BCUT2D eigenvalue weighted by molar-refractivity contribution is 0.669. The first-order valence-electron chi connectivity index (χ1n) is 6.92. The average molecular weight is 272 g/mol. The SMILES string of the molecule is Nn1c2ccccc2c2cc3c(cc21)oc1ccccc13. The Bertz CT molecular complexity index is 1150. The molecule has 3 heteroatoms. The molecule has 2 aromatic heterocycles. The van der Waals surface area contributed by atoms with Crippen LogP contribution in [0.5, 0.6) is 0 Å². The van der Waals surface area contributed by atoms with Gasteiger partial charge in [0.15, 0.2) is 0 Å². The van der Waals surface area contributed by atoms with Crippen molar-refractivity contribution in [2.24, 2.45) is 0 Å². The molecule has 2 heterocycles. The lowest BCUT2D eigenvalue weighted by Crippen LogP contribution is -2.06. The van der Waals surface area contributed by atoms with Gasteiger partial charge >= 0.3 is 0 Å². The molecular weight excluding hydrogens is 260 g/mol. The summed E-state index contributed by atoms with van der Waals surface area (Å²) in [5.74, 6) is 6.23. The van der Waals surface area contributed by atoms with Gasteiger partial charge in [0.25, 0.3) is 0 Å². The minimum absolute atomic E-state index is 0.873. The van der Waals surface area contributed by atoms with Gasteiger partial charge in [0.1, 0.15) is 11.2 Å². The highest BCUT2D eigenvalue weighted by molar-refractivity contribution is 6.16. The van der Waals surface area contributed by atoms with Crippen molar-refractivity contribution in [1.29, 1.82) is 0 Å². The zero-order valence-corrected chi connectivity index (χ0v) is 11.2. The molecule has 0 saturated heterocycles. The first kappa shape index (κ1) is 10.8. The van der Waals surface area contributed by atoms with Crippen molar-refractivity contribution in [3.05, 3.63) is 60.7 Å². The van der Waals surface area contributed by atoms with Crippen molar-refractivity contribution in [2.45, 2.75) is 0 Å². The number of para-hydroxylation sites is 2. The van der Waals surface area contributed by atoms with Gasteiger partial charge in [-0.3, -0.25) is 4.68 Å². The van der Waals surface area contributed by atoms with Crippen LogP contribution in [0.1, 0.15) is 0 Å². The quantitative estimate of drug-likeness (QED) is 0.424. The summed E-state index contributed by atoms with van der Waals surface area (Å²) >= 11 is 0. The molecule has 0 aliphatic rings. The Kier molecular flexibility index (Phi) is 1.84. The maximum atomic E-state index is 6.23. The third-order valence-electron chi connectivity index (χ3n) is 4.21. The van der Waals surface area contributed by atoms with Crippen LogP contribution >= 0.6 is 0 Å². The minimum atomic E-state index is 0.873. The minimum Gasteiger partial charge on any atom is -0.456 e. The second-order valence-electron chi connectivity index (χ2n) is 5.35. The zero-order chi connectivity index (χ0) is 14.0. The Balaban J connectivity index is 2.08. The normalized spacial score (nSPS) is 12.0. The number of nitrogens with zero attached hydrogens (tertiary/aromatic N) is 1. The van der Waals surface area contributed by atoms with Gasteiger partial charge in [-0.25, -0.2) is 0 Å². The van der Waals surface area contributed by atoms with Gasteiger partial charge in [-0.05, 0) is 18.2 Å². The van der Waals surface area contributed by atoms with Crippen LogP contribution < -0.4 is 5.84 Å². The Morgan fingerprint density at radius 3 is 2.33 bits per heavy atom. The van der Waals surface area contributed by atoms with Crippen LogP contribution in [-0.4, -0.2) is 4.68 Å². The monoisotopic (exact) mass is 272 g/mol. The van der Waals surface area contributed by atoms with E-state index in [1.165, 1.54) is 5.39 Å². The lowest BCUT2D eigenvalue weighted by Gasteiger charge is -1.97. The molecule has 0 amide bonds. The number of nitrogen functional groups attached to an aromatic ring is 1. The molecule has 5 aromatic rings. The van der Waals surface area contributed by atoms with E-state index in [0.717, 1.165) is 38.4 Å². The number of nitrogens with two attached hydrogens (primary N) is 1. The van der Waals surface area contributed by atoms with Gasteiger partial charge in [0.05, 0.1) is 11.0 Å². The molecule has 0 unspecified atom stereocenters. The molecule has 0 saturated carbocycles. The van der Waals surface area contributed by atoms with Gasteiger partial charge in [0.2, 0.25) is 0 Å². The van der Waals surface area contributed by atoms with Crippen molar-refractivity contribution >= 4 is 43.7 Å². The molecule has 3 nitrogen and oxygen atoms in total. The van der Waals surface area contributed by atoms with Gasteiger partial charge < -0.3 is 10.3 Å². The maximum Gasteiger partial charge on any atom is 0.137 e. The summed E-state index contributed by atoms with van der Waals surface area (Å²) in [5, 5.41) is 4.60. The van der Waals surface area contributed by atoms with Crippen LogP contribution in [0.4, 0.5) is 0 Å². The number of aromatic nitrogens is 1. The summed E-state index contributed by atoms with van der Waals surface area (Å²) in [6, 6.07) is 20.5. The van der Waals surface area contributed by atoms with Crippen LogP contribution in [0.25, 0.3) is 43.7 Å². The van der Waals surface area contributed by atoms with Crippen molar-refractivity contribution < 1.29 is 4.42 Å². The smallest absolute Gasteiger partial charge is 0.137 e. The predicted molar refractivity (Wildman–Crippen MR) is 86.9 cm³/mol. The maximum absolute atomic E-state index is 6.23. The van der Waals surface area contributed by atoms with Gasteiger partial charge in [-0.15, -0.1) is 0 Å². The fourth-order valence-corrected chi connectivity index (χ4v) is 3.22. The molecule has 0 radical (unpaired) electrons. The molecule has 3 aromatic carbocycles. The van der Waals surface area contributed by atoms with Gasteiger partial charge in [0, 0.05) is 27.6 Å². The van der Waals surface area contributed by atoms with E-state index in [1.807, 2.05) is 42.5 Å². The van der Waals surface area contributed by atoms with Crippen molar-refractivity contribution in [2.75, 3.05) is 5.84 Å². The van der Waals surface area contributed by atoms with Crippen LogP contribution in [0, 0.1) is 0 Å². The molecule has 0 aliphatic carbocycles. The van der Waals surface area contributed by atoms with Gasteiger partial charge in [-0.2, -0.15) is 0 Å². The second-order valence-corrected chi connectivity index (χ2v) is 5.35. The van der Waals surface area contributed by atoms with Crippen molar-refractivity contribution in [1.82, 2.24) is 4.68 Å². The highest BCUT2D eigenvalue weighted by Crippen LogP contribution is 2.35. The lowest BCUT2D eigenvalue weighted by atomic mass is 10.1. The van der Waals surface area contributed by atoms with Crippen LogP contribution in [0.2, 0.25) is 0 Å². The predicted octanol–water partition coefficient (Wildman–Crippen LogP) is 4.41. The van der Waals surface area contributed by atoms with Gasteiger partial charge in [-0.1, -0.05) is 36.4 Å². The van der Waals surface area contributed by atoms with Crippen molar-refractivity contribution in [3.63, 3.8) is 0 Å². The molecule has 21 heavy (non-hydrogen) atoms. The summed E-state index contributed by atoms with van der Waals surface area (Å²) < 4.78 is 7.68. The molecule has 0 bridgehead atoms. The number of fused-ring (bicyclic) bond motifs is 6. The summed E-state index contributed by atoms with van der Waals surface area (Å²) in [4.78, 5) is 0. The first-order valence-corrected chi connectivity index (χ1v) is 6.92. The number of hydrogen-bond donors (Lipinski definition) is 1. The summed E-state index contributed by atoms with van der Waals surface area (Å²) in [6.07, 6.45) is 0. The molecule has 100 valence electrons. The Morgan fingerprint density at radius 1 is 0.667 bits per heavy atom. The number of hydrogen-bond acceptors (Lipinski definition) is 2. The highest BCUT2D eigenvalue weighted by atomic mass is 16.3. The number of benzene rings is 3. The van der Waals surface area contributed by atoms with Crippen LogP contribution in [0.3, 0.4) is 0 Å². The zero-order valence-electron chi connectivity index (χ0n) is 11.2. The van der Waals surface area contributed by atoms with E-state index in [0.29, 0.717) is 0 Å². The van der Waals surface area contributed by atoms with E-state index in [4.69, 9.17) is 10.3 Å². The highest BCUT2D eigenvalue weighted by Gasteiger charge is 2.13. The Labute approximate surface area is 120 Å². The van der Waals surface area contributed by atoms with Crippen LogP contribution in [0.15, 0.2) is 65.1 Å². The molecule has 0 atom stereocenters. The summed E-state index contributed by atoms with van der Waals surface area (Å²) in [6.45, 7) is 0. The largest absolute Gasteiger partial charge is 0.456 e.